The molecule has 0 heterocycles. The van der Waals surface area contributed by atoms with Gasteiger partial charge in [-0.15, -0.1) is 0 Å². The van der Waals surface area contributed by atoms with Crippen molar-refractivity contribution in [3.05, 3.63) is 22.2 Å². The van der Waals surface area contributed by atoms with Gasteiger partial charge in [-0.05, 0) is 36.2 Å². The molecule has 0 radical (unpaired) electrons. The minimum absolute atomic E-state index is 1.21. The highest BCUT2D eigenvalue weighted by Gasteiger charge is 2.00. The molecule has 0 nitrogen and oxygen atoms in total. The monoisotopic (exact) mass is 214 g/mol. The molecule has 1 rings (SSSR count). The van der Waals surface area contributed by atoms with E-state index in [4.69, 9.17) is 0 Å². The Morgan fingerprint density at radius 2 is 2.36 bits per heavy atom. The third-order valence-corrected chi connectivity index (χ3v) is 2.53. The largest absolute Gasteiger partial charge is 0.0813 e. The molecule has 0 amide bonds. The highest BCUT2D eigenvalue weighted by molar-refractivity contribution is 9.11. The molecule has 0 aromatic rings. The third kappa shape index (κ3) is 3.24. The Balaban J connectivity index is 2.58. The van der Waals surface area contributed by atoms with E-state index in [1.54, 1.807) is 0 Å². The van der Waals surface area contributed by atoms with Crippen LogP contribution in [0, 0.1) is 0 Å². The van der Waals surface area contributed by atoms with Crippen LogP contribution in [0.15, 0.2) is 22.2 Å². The summed E-state index contributed by atoms with van der Waals surface area (Å²) in [5.74, 6) is 0. The van der Waals surface area contributed by atoms with Gasteiger partial charge >= 0.3 is 0 Å². The van der Waals surface area contributed by atoms with Crippen molar-refractivity contribution < 1.29 is 0 Å². The van der Waals surface area contributed by atoms with Crippen molar-refractivity contribution in [1.82, 2.24) is 0 Å². The minimum Gasteiger partial charge on any atom is -0.0813 e. The van der Waals surface area contributed by atoms with Crippen LogP contribution in [0.1, 0.15) is 39.0 Å². The summed E-state index contributed by atoms with van der Waals surface area (Å²) in [6, 6.07) is 0. The first-order chi connectivity index (χ1) is 5.33. The maximum atomic E-state index is 3.57. The zero-order valence-corrected chi connectivity index (χ0v) is 8.65. The van der Waals surface area contributed by atoms with Crippen molar-refractivity contribution in [3.8, 4) is 0 Å². The van der Waals surface area contributed by atoms with Gasteiger partial charge in [0.2, 0.25) is 0 Å². The van der Waals surface area contributed by atoms with E-state index < -0.39 is 0 Å². The first kappa shape index (κ1) is 9.05. The van der Waals surface area contributed by atoms with E-state index in [0.717, 1.165) is 0 Å². The Hall–Kier alpha value is -0.0400. The van der Waals surface area contributed by atoms with E-state index in [0.29, 0.717) is 0 Å². The van der Waals surface area contributed by atoms with E-state index in [1.807, 2.05) is 0 Å². The standard InChI is InChI=1S/C10H15Br/c1-2-5-9-6-3-4-7-10(11)8-9/h6,8H,2-5,7H2,1H3. The molecule has 0 fully saturated rings. The summed E-state index contributed by atoms with van der Waals surface area (Å²) in [7, 11) is 0. The molecular formula is C10H15Br. The summed E-state index contributed by atoms with van der Waals surface area (Å²) in [4.78, 5) is 0. The van der Waals surface area contributed by atoms with Crippen LogP contribution in [0.2, 0.25) is 0 Å². The number of rotatable bonds is 2. The lowest BCUT2D eigenvalue weighted by molar-refractivity contribution is 0.862. The second-order valence-corrected chi connectivity index (χ2v) is 4.03. The predicted molar refractivity (Wildman–Crippen MR) is 53.9 cm³/mol. The van der Waals surface area contributed by atoms with Gasteiger partial charge in [0.15, 0.2) is 0 Å². The van der Waals surface area contributed by atoms with Crippen molar-refractivity contribution >= 4 is 15.9 Å². The summed E-state index contributed by atoms with van der Waals surface area (Å²) in [6.45, 7) is 2.23. The van der Waals surface area contributed by atoms with Gasteiger partial charge < -0.3 is 0 Å². The van der Waals surface area contributed by atoms with E-state index in [1.165, 1.54) is 42.2 Å². The lowest BCUT2D eigenvalue weighted by Crippen LogP contribution is -1.76. The summed E-state index contributed by atoms with van der Waals surface area (Å²) in [6.07, 6.45) is 10.9. The van der Waals surface area contributed by atoms with Crippen LogP contribution in [-0.4, -0.2) is 0 Å². The second-order valence-electron chi connectivity index (χ2n) is 3.01. The zero-order valence-electron chi connectivity index (χ0n) is 7.07. The molecule has 0 saturated carbocycles. The van der Waals surface area contributed by atoms with Crippen LogP contribution in [0.3, 0.4) is 0 Å². The maximum absolute atomic E-state index is 3.57. The second kappa shape index (κ2) is 4.76. The van der Waals surface area contributed by atoms with E-state index in [9.17, 15) is 0 Å². The molecule has 0 spiro atoms. The predicted octanol–water partition coefficient (Wildman–Crippen LogP) is 4.18. The smallest absolute Gasteiger partial charge is 0.00466 e. The van der Waals surface area contributed by atoms with Crippen LogP contribution in [-0.2, 0) is 0 Å². The topological polar surface area (TPSA) is 0 Å². The van der Waals surface area contributed by atoms with Crippen LogP contribution in [0.4, 0.5) is 0 Å². The van der Waals surface area contributed by atoms with Crippen LogP contribution in [0.25, 0.3) is 0 Å². The molecule has 0 N–H and O–H groups in total. The first-order valence-corrected chi connectivity index (χ1v) is 5.17. The molecule has 0 aliphatic heterocycles. The molecule has 1 aliphatic carbocycles. The fraction of sp³-hybridized carbons (Fsp3) is 0.600. The Kier molecular flexibility index (Phi) is 3.92. The molecule has 0 atom stereocenters. The minimum atomic E-state index is 1.21. The lowest BCUT2D eigenvalue weighted by atomic mass is 10.1. The van der Waals surface area contributed by atoms with Gasteiger partial charge in [0.1, 0.15) is 0 Å². The lowest BCUT2D eigenvalue weighted by Gasteiger charge is -1.97. The Bertz CT molecular complexity index is 177. The SMILES string of the molecule is CCCC1=CCCCC(Br)=C1. The molecule has 1 heteroatoms. The van der Waals surface area contributed by atoms with Gasteiger partial charge in [-0.3, -0.25) is 0 Å². The van der Waals surface area contributed by atoms with Crippen molar-refractivity contribution in [2.45, 2.75) is 39.0 Å². The van der Waals surface area contributed by atoms with Gasteiger partial charge in [0.25, 0.3) is 0 Å². The fourth-order valence-electron chi connectivity index (χ4n) is 1.35. The number of hydrogen-bond donors (Lipinski definition) is 0. The van der Waals surface area contributed by atoms with Crippen LogP contribution in [0.5, 0.6) is 0 Å². The summed E-state index contributed by atoms with van der Waals surface area (Å²) in [5, 5.41) is 0. The molecule has 0 saturated heterocycles. The summed E-state index contributed by atoms with van der Waals surface area (Å²) in [5.41, 5.74) is 1.51. The molecule has 11 heavy (non-hydrogen) atoms. The van der Waals surface area contributed by atoms with Crippen LogP contribution < -0.4 is 0 Å². The number of halogens is 1. The van der Waals surface area contributed by atoms with Gasteiger partial charge in [0, 0.05) is 0 Å². The van der Waals surface area contributed by atoms with Gasteiger partial charge in [-0.1, -0.05) is 40.9 Å². The van der Waals surface area contributed by atoms with E-state index in [-0.39, 0.29) is 0 Å². The summed E-state index contributed by atoms with van der Waals surface area (Å²) < 4.78 is 1.37. The number of allylic oxidation sites excluding steroid dienone is 4. The number of hydrogen-bond acceptors (Lipinski definition) is 0. The molecule has 0 unspecified atom stereocenters. The third-order valence-electron chi connectivity index (χ3n) is 1.91. The Morgan fingerprint density at radius 3 is 3.09 bits per heavy atom. The summed E-state index contributed by atoms with van der Waals surface area (Å²) >= 11 is 3.57. The maximum Gasteiger partial charge on any atom is -0.00466 e. The molecule has 0 bridgehead atoms. The van der Waals surface area contributed by atoms with Crippen molar-refractivity contribution in [2.24, 2.45) is 0 Å². The van der Waals surface area contributed by atoms with Gasteiger partial charge in [-0.25, -0.2) is 0 Å². The van der Waals surface area contributed by atoms with Crippen molar-refractivity contribution in [2.75, 3.05) is 0 Å². The average molecular weight is 215 g/mol. The average Bonchev–Trinajstić information content (AvgIpc) is 2.15. The highest BCUT2D eigenvalue weighted by atomic mass is 79.9. The first-order valence-electron chi connectivity index (χ1n) is 4.38. The highest BCUT2D eigenvalue weighted by Crippen LogP contribution is 2.23. The van der Waals surface area contributed by atoms with Gasteiger partial charge in [-0.2, -0.15) is 0 Å². The van der Waals surface area contributed by atoms with Gasteiger partial charge in [0.05, 0.1) is 0 Å². The Labute approximate surface area is 77.5 Å². The zero-order chi connectivity index (χ0) is 8.10. The van der Waals surface area contributed by atoms with Crippen molar-refractivity contribution in [3.63, 3.8) is 0 Å². The molecule has 0 aromatic heterocycles. The fourth-order valence-corrected chi connectivity index (χ4v) is 1.93. The van der Waals surface area contributed by atoms with Crippen molar-refractivity contribution in [1.29, 1.82) is 0 Å². The molecule has 0 aromatic carbocycles. The molecular weight excluding hydrogens is 200 g/mol. The molecule has 1 aliphatic rings. The van der Waals surface area contributed by atoms with E-state index >= 15 is 0 Å². The van der Waals surface area contributed by atoms with E-state index in [2.05, 4.69) is 35.0 Å². The Morgan fingerprint density at radius 1 is 1.55 bits per heavy atom. The van der Waals surface area contributed by atoms with Crippen LogP contribution >= 0.6 is 15.9 Å². The molecule has 62 valence electrons. The quantitative estimate of drug-likeness (QED) is 0.648. The normalized spacial score (nSPS) is 18.7.